The molecule has 0 aromatic carbocycles. The van der Waals surface area contributed by atoms with Gasteiger partial charge in [0.15, 0.2) is 0 Å². The Kier molecular flexibility index (Phi) is 7.03. The van der Waals surface area contributed by atoms with Gasteiger partial charge in [0.1, 0.15) is 0 Å². The molecule has 0 nitrogen and oxygen atoms in total. The van der Waals surface area contributed by atoms with E-state index in [0.717, 1.165) is 5.75 Å². The highest BCUT2D eigenvalue weighted by Crippen LogP contribution is 2.37. The van der Waals surface area contributed by atoms with Crippen molar-refractivity contribution in [1.29, 1.82) is 0 Å². The van der Waals surface area contributed by atoms with Gasteiger partial charge in [-0.1, -0.05) is 71.1 Å². The standard InChI is InChI=1S/C16H28S/c1-4-15(2)14-17-16(3)12-10-8-6-5-7-9-11-13-16/h4H,1-2,5-14H2,3H3. The zero-order chi connectivity index (χ0) is 12.6. The fraction of sp³-hybridized carbons (Fsp3) is 0.750. The summed E-state index contributed by atoms with van der Waals surface area (Å²) in [6.07, 6.45) is 14.7. The van der Waals surface area contributed by atoms with Crippen LogP contribution >= 0.6 is 11.8 Å². The van der Waals surface area contributed by atoms with Crippen LogP contribution in [0.15, 0.2) is 24.8 Å². The summed E-state index contributed by atoms with van der Waals surface area (Å²) in [5, 5.41) is 0. The maximum absolute atomic E-state index is 4.03. The van der Waals surface area contributed by atoms with Crippen LogP contribution in [-0.4, -0.2) is 10.5 Å². The van der Waals surface area contributed by atoms with Gasteiger partial charge in [0.2, 0.25) is 0 Å². The van der Waals surface area contributed by atoms with E-state index in [9.17, 15) is 0 Å². The first kappa shape index (κ1) is 14.9. The predicted molar refractivity (Wildman–Crippen MR) is 81.8 cm³/mol. The van der Waals surface area contributed by atoms with Crippen LogP contribution in [0, 0.1) is 0 Å². The van der Waals surface area contributed by atoms with Crippen LogP contribution in [0.1, 0.15) is 64.7 Å². The SMILES string of the molecule is C=CC(=C)CSC1(C)CCCCCCCCC1. The van der Waals surface area contributed by atoms with Crippen molar-refractivity contribution in [2.75, 3.05) is 5.75 Å². The molecule has 0 atom stereocenters. The topological polar surface area (TPSA) is 0 Å². The number of rotatable bonds is 4. The summed E-state index contributed by atoms with van der Waals surface area (Å²) >= 11 is 2.10. The number of hydrogen-bond acceptors (Lipinski definition) is 1. The van der Waals surface area contributed by atoms with Gasteiger partial charge in [-0.05, 0) is 18.4 Å². The second kappa shape index (κ2) is 8.02. The molecule has 0 amide bonds. The lowest BCUT2D eigenvalue weighted by molar-refractivity contribution is 0.445. The van der Waals surface area contributed by atoms with E-state index in [1.54, 1.807) is 0 Å². The van der Waals surface area contributed by atoms with Gasteiger partial charge in [-0.15, -0.1) is 0 Å². The molecule has 1 rings (SSSR count). The van der Waals surface area contributed by atoms with Crippen LogP contribution in [0.4, 0.5) is 0 Å². The Morgan fingerprint density at radius 2 is 1.53 bits per heavy atom. The Bertz CT molecular complexity index is 232. The predicted octanol–water partition coefficient (Wildman–Crippen LogP) is 5.75. The lowest BCUT2D eigenvalue weighted by Crippen LogP contribution is -2.21. The highest BCUT2D eigenvalue weighted by molar-refractivity contribution is 8.00. The van der Waals surface area contributed by atoms with E-state index in [1.807, 2.05) is 6.08 Å². The Hall–Kier alpha value is -0.170. The Morgan fingerprint density at radius 1 is 1.06 bits per heavy atom. The Labute approximate surface area is 112 Å². The average molecular weight is 252 g/mol. The molecule has 0 saturated heterocycles. The summed E-state index contributed by atoms with van der Waals surface area (Å²) in [5.74, 6) is 1.06. The van der Waals surface area contributed by atoms with Gasteiger partial charge in [-0.3, -0.25) is 0 Å². The molecule has 0 aromatic heterocycles. The van der Waals surface area contributed by atoms with E-state index in [1.165, 1.54) is 63.4 Å². The van der Waals surface area contributed by atoms with Crippen molar-refractivity contribution in [3.8, 4) is 0 Å². The lowest BCUT2D eigenvalue weighted by atomic mass is 9.93. The third kappa shape index (κ3) is 6.35. The molecular weight excluding hydrogens is 224 g/mol. The third-order valence-electron chi connectivity index (χ3n) is 3.81. The maximum atomic E-state index is 4.03. The van der Waals surface area contributed by atoms with Crippen LogP contribution in [0.3, 0.4) is 0 Å². The highest BCUT2D eigenvalue weighted by Gasteiger charge is 2.24. The molecule has 0 unspecified atom stereocenters. The van der Waals surface area contributed by atoms with E-state index in [2.05, 4.69) is 31.8 Å². The minimum Gasteiger partial charge on any atom is -0.151 e. The molecule has 1 saturated carbocycles. The molecule has 1 heteroatoms. The fourth-order valence-corrected chi connectivity index (χ4v) is 3.71. The first-order valence-corrected chi connectivity index (χ1v) is 8.09. The smallest absolute Gasteiger partial charge is 0.0183 e. The largest absolute Gasteiger partial charge is 0.151 e. The van der Waals surface area contributed by atoms with E-state index in [-0.39, 0.29) is 0 Å². The fourth-order valence-electron chi connectivity index (χ4n) is 2.48. The Balaban J connectivity index is 2.42. The van der Waals surface area contributed by atoms with E-state index in [4.69, 9.17) is 0 Å². The second-order valence-electron chi connectivity index (χ2n) is 5.58. The normalized spacial score (nSPS) is 21.7. The number of allylic oxidation sites excluding steroid dienone is 1. The number of hydrogen-bond donors (Lipinski definition) is 0. The summed E-state index contributed by atoms with van der Waals surface area (Å²) in [7, 11) is 0. The molecule has 0 bridgehead atoms. The lowest BCUT2D eigenvalue weighted by Gasteiger charge is -2.30. The quantitative estimate of drug-likeness (QED) is 0.574. The molecule has 0 radical (unpaired) electrons. The van der Waals surface area contributed by atoms with Crippen molar-refractivity contribution in [2.24, 2.45) is 0 Å². The Morgan fingerprint density at radius 3 is 2.00 bits per heavy atom. The van der Waals surface area contributed by atoms with Crippen molar-refractivity contribution < 1.29 is 0 Å². The summed E-state index contributed by atoms with van der Waals surface area (Å²) < 4.78 is 0.475. The van der Waals surface area contributed by atoms with Gasteiger partial charge in [-0.25, -0.2) is 0 Å². The summed E-state index contributed by atoms with van der Waals surface area (Å²) in [6, 6.07) is 0. The van der Waals surface area contributed by atoms with Crippen molar-refractivity contribution in [3.63, 3.8) is 0 Å². The van der Waals surface area contributed by atoms with Gasteiger partial charge in [0, 0.05) is 10.5 Å². The monoisotopic (exact) mass is 252 g/mol. The van der Waals surface area contributed by atoms with Crippen LogP contribution in [-0.2, 0) is 0 Å². The van der Waals surface area contributed by atoms with E-state index < -0.39 is 0 Å². The minimum atomic E-state index is 0.475. The molecule has 98 valence electrons. The number of thioether (sulfide) groups is 1. The zero-order valence-electron chi connectivity index (χ0n) is 11.5. The molecule has 17 heavy (non-hydrogen) atoms. The summed E-state index contributed by atoms with van der Waals surface area (Å²) in [5.41, 5.74) is 1.17. The van der Waals surface area contributed by atoms with E-state index in [0.29, 0.717) is 4.75 Å². The van der Waals surface area contributed by atoms with Crippen molar-refractivity contribution >= 4 is 11.8 Å². The minimum absolute atomic E-state index is 0.475. The van der Waals surface area contributed by atoms with Crippen molar-refractivity contribution in [1.82, 2.24) is 0 Å². The van der Waals surface area contributed by atoms with Gasteiger partial charge in [0.05, 0.1) is 0 Å². The van der Waals surface area contributed by atoms with Gasteiger partial charge in [-0.2, -0.15) is 11.8 Å². The van der Waals surface area contributed by atoms with Crippen LogP contribution < -0.4 is 0 Å². The van der Waals surface area contributed by atoms with Crippen molar-refractivity contribution in [3.05, 3.63) is 24.8 Å². The maximum Gasteiger partial charge on any atom is 0.0183 e. The van der Waals surface area contributed by atoms with Crippen LogP contribution in [0.5, 0.6) is 0 Å². The molecule has 0 spiro atoms. The van der Waals surface area contributed by atoms with E-state index >= 15 is 0 Å². The highest BCUT2D eigenvalue weighted by atomic mass is 32.2. The molecular formula is C16H28S. The third-order valence-corrected chi connectivity index (χ3v) is 5.43. The summed E-state index contributed by atoms with van der Waals surface area (Å²) in [4.78, 5) is 0. The average Bonchev–Trinajstić information content (AvgIpc) is 2.34. The molecule has 1 aliphatic carbocycles. The van der Waals surface area contributed by atoms with Gasteiger partial charge >= 0.3 is 0 Å². The van der Waals surface area contributed by atoms with Crippen molar-refractivity contribution in [2.45, 2.75) is 69.5 Å². The van der Waals surface area contributed by atoms with Gasteiger partial charge in [0.25, 0.3) is 0 Å². The first-order chi connectivity index (χ1) is 8.16. The van der Waals surface area contributed by atoms with Gasteiger partial charge < -0.3 is 0 Å². The molecule has 0 heterocycles. The molecule has 0 aromatic rings. The molecule has 0 aliphatic heterocycles. The molecule has 0 N–H and O–H groups in total. The first-order valence-electron chi connectivity index (χ1n) is 7.10. The molecule has 1 fully saturated rings. The second-order valence-corrected chi connectivity index (χ2v) is 7.14. The zero-order valence-corrected chi connectivity index (χ0v) is 12.3. The molecule has 1 aliphatic rings. The van der Waals surface area contributed by atoms with Crippen LogP contribution in [0.2, 0.25) is 0 Å². The van der Waals surface area contributed by atoms with Crippen LogP contribution in [0.25, 0.3) is 0 Å². The summed E-state index contributed by atoms with van der Waals surface area (Å²) in [6.45, 7) is 10.3.